The Morgan fingerprint density at radius 2 is 1.06 bits per heavy atom. The zero-order valence-corrected chi connectivity index (χ0v) is 20.3. The average Bonchev–Trinajstić information content (AvgIpc) is 3.81. The largest absolute Gasteiger partial charge is 0.331 e. The maximum Gasteiger partial charge on any atom is 0.226 e. The fourth-order valence-electron chi connectivity index (χ4n) is 5.62. The molecule has 0 spiro atoms. The highest BCUT2D eigenvalue weighted by atomic mass is 16.2. The van der Waals surface area contributed by atoms with Crippen LogP contribution in [0.2, 0.25) is 0 Å². The summed E-state index contributed by atoms with van der Waals surface area (Å²) < 4.78 is 0. The Balaban J connectivity index is 1.23. The molecule has 3 saturated carbocycles. The molecule has 34 heavy (non-hydrogen) atoms. The quantitative estimate of drug-likeness (QED) is 0.551. The maximum atomic E-state index is 13.6. The normalized spacial score (nSPS) is 24.2. The molecule has 2 aromatic rings. The van der Waals surface area contributed by atoms with Crippen LogP contribution in [0.15, 0.2) is 48.8 Å². The Morgan fingerprint density at radius 1 is 0.676 bits per heavy atom. The Hall–Kier alpha value is -2.76. The van der Waals surface area contributed by atoms with Gasteiger partial charge in [-0.1, -0.05) is 12.1 Å². The molecule has 2 unspecified atom stereocenters. The van der Waals surface area contributed by atoms with Crippen LogP contribution in [0, 0.1) is 11.8 Å². The molecular formula is C28H36N4O2. The summed E-state index contributed by atoms with van der Waals surface area (Å²) in [5.74, 6) is 0.539. The fraction of sp³-hybridized carbons (Fsp3) is 0.571. The SMILES string of the molecule is CC(c1ccccn1)N(C(=O)C1CCC(C(=O)N(C2CC2)C(C)c2ccccn2)CC1)C1CC1. The van der Waals surface area contributed by atoms with Crippen molar-refractivity contribution < 1.29 is 9.59 Å². The van der Waals surface area contributed by atoms with Crippen molar-refractivity contribution in [3.8, 4) is 0 Å². The van der Waals surface area contributed by atoms with E-state index >= 15 is 0 Å². The van der Waals surface area contributed by atoms with E-state index in [9.17, 15) is 9.59 Å². The number of carbonyl (C=O) groups excluding carboxylic acids is 2. The lowest BCUT2D eigenvalue weighted by Gasteiger charge is -2.37. The standard InChI is InChI=1S/C28H36N4O2/c1-19(25-7-3-5-17-29-25)31(23-13-14-23)27(33)21-9-11-22(12-10-21)28(34)32(24-15-16-24)20(2)26-8-4-6-18-30-26/h3-8,17-24H,9-16H2,1-2H3. The highest BCUT2D eigenvalue weighted by Crippen LogP contribution is 2.41. The van der Waals surface area contributed by atoms with Gasteiger partial charge in [-0.15, -0.1) is 0 Å². The zero-order valence-electron chi connectivity index (χ0n) is 20.3. The second kappa shape index (κ2) is 9.85. The van der Waals surface area contributed by atoms with E-state index in [2.05, 4.69) is 33.6 Å². The van der Waals surface area contributed by atoms with Crippen molar-refractivity contribution in [1.29, 1.82) is 0 Å². The number of nitrogens with zero attached hydrogens (tertiary/aromatic N) is 4. The van der Waals surface area contributed by atoms with Crippen LogP contribution in [0.4, 0.5) is 0 Å². The van der Waals surface area contributed by atoms with Gasteiger partial charge >= 0.3 is 0 Å². The fourth-order valence-corrected chi connectivity index (χ4v) is 5.62. The third-order valence-corrected chi connectivity index (χ3v) is 7.88. The molecule has 5 rings (SSSR count). The molecular weight excluding hydrogens is 424 g/mol. The minimum absolute atomic E-state index is 0.00913. The Labute approximate surface area is 202 Å². The summed E-state index contributed by atoms with van der Waals surface area (Å²) in [6.45, 7) is 4.19. The number of amides is 2. The number of carbonyl (C=O) groups is 2. The van der Waals surface area contributed by atoms with Crippen molar-refractivity contribution in [2.45, 2.75) is 89.4 Å². The second-order valence-corrected chi connectivity index (χ2v) is 10.4. The van der Waals surface area contributed by atoms with E-state index in [4.69, 9.17) is 0 Å². The van der Waals surface area contributed by atoms with Crippen molar-refractivity contribution in [3.05, 3.63) is 60.2 Å². The molecule has 180 valence electrons. The van der Waals surface area contributed by atoms with E-state index in [0.29, 0.717) is 12.1 Å². The van der Waals surface area contributed by atoms with Gasteiger partial charge in [-0.05, 0) is 89.5 Å². The van der Waals surface area contributed by atoms with Crippen molar-refractivity contribution >= 4 is 11.8 Å². The lowest BCUT2D eigenvalue weighted by atomic mass is 9.80. The first kappa shape index (κ1) is 23.0. The van der Waals surface area contributed by atoms with Crippen LogP contribution >= 0.6 is 0 Å². The molecule has 2 amide bonds. The second-order valence-electron chi connectivity index (χ2n) is 10.4. The molecule has 0 aromatic carbocycles. The molecule has 2 aromatic heterocycles. The molecule has 0 aliphatic heterocycles. The summed E-state index contributed by atoms with van der Waals surface area (Å²) in [4.78, 5) is 40.4. The molecule has 0 saturated heterocycles. The van der Waals surface area contributed by atoms with Crippen molar-refractivity contribution in [3.63, 3.8) is 0 Å². The molecule has 6 heteroatoms. The van der Waals surface area contributed by atoms with Gasteiger partial charge in [-0.2, -0.15) is 0 Å². The van der Waals surface area contributed by atoms with Crippen LogP contribution in [0.3, 0.4) is 0 Å². The number of pyridine rings is 2. The molecule has 0 N–H and O–H groups in total. The monoisotopic (exact) mass is 460 g/mol. The van der Waals surface area contributed by atoms with Gasteiger partial charge in [-0.3, -0.25) is 19.6 Å². The smallest absolute Gasteiger partial charge is 0.226 e. The van der Waals surface area contributed by atoms with Crippen LogP contribution in [0.5, 0.6) is 0 Å². The summed E-state index contributed by atoms with van der Waals surface area (Å²) in [7, 11) is 0. The highest BCUT2D eigenvalue weighted by molar-refractivity contribution is 5.82. The average molecular weight is 461 g/mol. The Morgan fingerprint density at radius 3 is 1.35 bits per heavy atom. The number of hydrogen-bond donors (Lipinski definition) is 0. The van der Waals surface area contributed by atoms with E-state index in [-0.39, 0.29) is 35.7 Å². The molecule has 3 fully saturated rings. The van der Waals surface area contributed by atoms with Gasteiger partial charge in [0.2, 0.25) is 11.8 Å². The van der Waals surface area contributed by atoms with Crippen LogP contribution in [0.1, 0.15) is 88.7 Å². The van der Waals surface area contributed by atoms with Gasteiger partial charge in [0.25, 0.3) is 0 Å². The third-order valence-electron chi connectivity index (χ3n) is 7.88. The molecule has 6 nitrogen and oxygen atoms in total. The van der Waals surface area contributed by atoms with Crippen molar-refractivity contribution in [2.75, 3.05) is 0 Å². The maximum absolute atomic E-state index is 13.6. The van der Waals surface area contributed by atoms with Gasteiger partial charge < -0.3 is 9.80 Å². The minimum Gasteiger partial charge on any atom is -0.331 e. The molecule has 0 bridgehead atoms. The first-order chi connectivity index (χ1) is 16.5. The van der Waals surface area contributed by atoms with E-state index in [1.165, 1.54) is 0 Å². The van der Waals surface area contributed by atoms with Gasteiger partial charge in [0.05, 0.1) is 23.5 Å². The molecule has 2 atom stereocenters. The highest BCUT2D eigenvalue weighted by Gasteiger charge is 2.43. The summed E-state index contributed by atoms with van der Waals surface area (Å²) in [5, 5.41) is 0. The number of aromatic nitrogens is 2. The third kappa shape index (κ3) is 4.86. The van der Waals surface area contributed by atoms with Gasteiger partial charge in [0.15, 0.2) is 0 Å². The minimum atomic E-state index is -0.00913. The van der Waals surface area contributed by atoms with Crippen LogP contribution in [-0.4, -0.2) is 43.7 Å². The Kier molecular flexibility index (Phi) is 6.66. The first-order valence-electron chi connectivity index (χ1n) is 13.0. The summed E-state index contributed by atoms with van der Waals surface area (Å²) in [6, 6.07) is 12.5. The van der Waals surface area contributed by atoms with Gasteiger partial charge in [0, 0.05) is 36.3 Å². The summed E-state index contributed by atoms with van der Waals surface area (Å²) >= 11 is 0. The van der Waals surface area contributed by atoms with Crippen molar-refractivity contribution in [2.24, 2.45) is 11.8 Å². The predicted octanol–water partition coefficient (Wildman–Crippen LogP) is 5.09. The number of hydrogen-bond acceptors (Lipinski definition) is 4. The van der Waals surface area contributed by atoms with E-state index in [1.807, 2.05) is 36.4 Å². The van der Waals surface area contributed by atoms with Crippen LogP contribution in [0.25, 0.3) is 0 Å². The van der Waals surface area contributed by atoms with Crippen LogP contribution < -0.4 is 0 Å². The van der Waals surface area contributed by atoms with Gasteiger partial charge in [-0.25, -0.2) is 0 Å². The van der Waals surface area contributed by atoms with Crippen LogP contribution in [-0.2, 0) is 9.59 Å². The van der Waals surface area contributed by atoms with E-state index in [1.54, 1.807) is 12.4 Å². The molecule has 3 aliphatic rings. The zero-order chi connectivity index (χ0) is 23.7. The Bertz CT molecular complexity index is 900. The van der Waals surface area contributed by atoms with Gasteiger partial charge in [0.1, 0.15) is 0 Å². The predicted molar refractivity (Wildman–Crippen MR) is 130 cm³/mol. The molecule has 3 aliphatic carbocycles. The summed E-state index contributed by atoms with van der Waals surface area (Å²) in [6.07, 6.45) is 11.1. The summed E-state index contributed by atoms with van der Waals surface area (Å²) in [5.41, 5.74) is 1.91. The van der Waals surface area contributed by atoms with Crippen molar-refractivity contribution in [1.82, 2.24) is 19.8 Å². The molecule has 2 heterocycles. The molecule has 0 radical (unpaired) electrons. The number of rotatable bonds is 8. The lowest BCUT2D eigenvalue weighted by Crippen LogP contribution is -2.44. The lowest BCUT2D eigenvalue weighted by molar-refractivity contribution is -0.144. The van der Waals surface area contributed by atoms with E-state index in [0.717, 1.165) is 62.8 Å². The topological polar surface area (TPSA) is 66.4 Å². The van der Waals surface area contributed by atoms with E-state index < -0.39 is 0 Å². The first-order valence-corrected chi connectivity index (χ1v) is 13.0.